The van der Waals surface area contributed by atoms with Gasteiger partial charge < -0.3 is 5.32 Å². The van der Waals surface area contributed by atoms with Gasteiger partial charge in [-0.1, -0.05) is 24.3 Å². The SMILES string of the molecule is CS(=O)(=O)Nc1ccccc1NC(=O)CSCc1nc2ccccc2s1. The maximum atomic E-state index is 12.2. The number of thiazole rings is 1. The summed E-state index contributed by atoms with van der Waals surface area (Å²) in [7, 11) is -3.41. The van der Waals surface area contributed by atoms with Crippen molar-refractivity contribution < 1.29 is 13.2 Å². The zero-order chi connectivity index (χ0) is 18.6. The van der Waals surface area contributed by atoms with Crippen molar-refractivity contribution in [2.24, 2.45) is 0 Å². The second-order valence-electron chi connectivity index (χ2n) is 5.54. The number of fused-ring (bicyclic) bond motifs is 1. The molecule has 2 N–H and O–H groups in total. The molecule has 0 bridgehead atoms. The van der Waals surface area contributed by atoms with Crippen LogP contribution in [0.1, 0.15) is 5.01 Å². The van der Waals surface area contributed by atoms with Gasteiger partial charge >= 0.3 is 0 Å². The maximum absolute atomic E-state index is 12.2. The molecule has 2 aromatic carbocycles. The Morgan fingerprint density at radius 3 is 2.54 bits per heavy atom. The predicted octanol–water partition coefficient (Wildman–Crippen LogP) is 3.54. The molecule has 0 aliphatic rings. The Morgan fingerprint density at radius 2 is 1.81 bits per heavy atom. The first kappa shape index (κ1) is 18.7. The molecule has 0 atom stereocenters. The number of carbonyl (C=O) groups excluding carboxylic acids is 1. The summed E-state index contributed by atoms with van der Waals surface area (Å²) in [4.78, 5) is 16.7. The molecular weight excluding hydrogens is 390 g/mol. The number of anilines is 2. The summed E-state index contributed by atoms with van der Waals surface area (Å²) >= 11 is 3.09. The topological polar surface area (TPSA) is 88.2 Å². The molecule has 3 rings (SSSR count). The molecule has 26 heavy (non-hydrogen) atoms. The maximum Gasteiger partial charge on any atom is 0.234 e. The third kappa shape index (κ3) is 5.20. The fourth-order valence-electron chi connectivity index (χ4n) is 2.28. The van der Waals surface area contributed by atoms with E-state index >= 15 is 0 Å². The van der Waals surface area contributed by atoms with E-state index < -0.39 is 10.0 Å². The van der Waals surface area contributed by atoms with Crippen LogP contribution in [-0.2, 0) is 20.6 Å². The van der Waals surface area contributed by atoms with Crippen molar-refractivity contribution in [1.82, 2.24) is 4.98 Å². The molecule has 0 radical (unpaired) electrons. The highest BCUT2D eigenvalue weighted by Crippen LogP contribution is 2.25. The highest BCUT2D eigenvalue weighted by molar-refractivity contribution is 7.99. The van der Waals surface area contributed by atoms with E-state index in [1.165, 1.54) is 11.8 Å². The number of benzene rings is 2. The van der Waals surface area contributed by atoms with Crippen LogP contribution in [0.3, 0.4) is 0 Å². The number of amides is 1. The Hall–Kier alpha value is -2.10. The van der Waals surface area contributed by atoms with Gasteiger partial charge in [-0.3, -0.25) is 9.52 Å². The van der Waals surface area contributed by atoms with Crippen LogP contribution >= 0.6 is 23.1 Å². The van der Waals surface area contributed by atoms with Gasteiger partial charge in [0.05, 0.1) is 33.6 Å². The predicted molar refractivity (Wildman–Crippen MR) is 109 cm³/mol. The van der Waals surface area contributed by atoms with Crippen LogP contribution in [0.5, 0.6) is 0 Å². The molecule has 9 heteroatoms. The average molecular weight is 408 g/mol. The van der Waals surface area contributed by atoms with Gasteiger partial charge in [0, 0.05) is 5.75 Å². The average Bonchev–Trinajstić information content (AvgIpc) is 2.98. The van der Waals surface area contributed by atoms with Crippen molar-refractivity contribution in [2.45, 2.75) is 5.75 Å². The minimum atomic E-state index is -3.41. The van der Waals surface area contributed by atoms with Crippen molar-refractivity contribution in [3.8, 4) is 0 Å². The number of carbonyl (C=O) groups is 1. The Balaban J connectivity index is 1.56. The van der Waals surface area contributed by atoms with Crippen molar-refractivity contribution in [2.75, 3.05) is 22.0 Å². The summed E-state index contributed by atoms with van der Waals surface area (Å²) in [6, 6.07) is 14.6. The zero-order valence-electron chi connectivity index (χ0n) is 13.9. The van der Waals surface area contributed by atoms with Gasteiger partial charge in [-0.2, -0.15) is 0 Å². The normalized spacial score (nSPS) is 11.4. The first-order chi connectivity index (χ1) is 12.4. The van der Waals surface area contributed by atoms with E-state index in [1.54, 1.807) is 35.6 Å². The summed E-state index contributed by atoms with van der Waals surface area (Å²) in [6.45, 7) is 0. The van der Waals surface area contributed by atoms with Gasteiger partial charge in [-0.15, -0.1) is 23.1 Å². The Bertz CT molecular complexity index is 999. The third-order valence-electron chi connectivity index (χ3n) is 3.29. The molecule has 0 unspecified atom stereocenters. The molecule has 1 amide bonds. The number of hydrogen-bond acceptors (Lipinski definition) is 6. The number of sulfonamides is 1. The molecule has 0 aliphatic carbocycles. The molecule has 3 aromatic rings. The van der Waals surface area contributed by atoms with Gasteiger partial charge in [0.15, 0.2) is 0 Å². The second kappa shape index (κ2) is 8.07. The monoisotopic (exact) mass is 407 g/mol. The summed E-state index contributed by atoms with van der Waals surface area (Å²) < 4.78 is 26.3. The van der Waals surface area contributed by atoms with E-state index in [0.29, 0.717) is 17.1 Å². The zero-order valence-corrected chi connectivity index (χ0v) is 16.4. The van der Waals surface area contributed by atoms with Gasteiger partial charge in [-0.25, -0.2) is 13.4 Å². The van der Waals surface area contributed by atoms with E-state index in [4.69, 9.17) is 0 Å². The van der Waals surface area contributed by atoms with E-state index in [-0.39, 0.29) is 11.7 Å². The number of nitrogens with zero attached hydrogens (tertiary/aromatic N) is 1. The van der Waals surface area contributed by atoms with Gasteiger partial charge in [-0.05, 0) is 24.3 Å². The van der Waals surface area contributed by atoms with Crippen LogP contribution in [0.2, 0.25) is 0 Å². The fourth-order valence-corrected chi connectivity index (χ4v) is 4.70. The van der Waals surface area contributed by atoms with Crippen molar-refractivity contribution in [1.29, 1.82) is 0 Å². The summed E-state index contributed by atoms with van der Waals surface area (Å²) in [5, 5.41) is 3.72. The lowest BCUT2D eigenvalue weighted by molar-refractivity contribution is -0.113. The van der Waals surface area contributed by atoms with Gasteiger partial charge in [0.25, 0.3) is 0 Å². The number of nitrogens with one attached hydrogen (secondary N) is 2. The van der Waals surface area contributed by atoms with E-state index in [1.807, 2.05) is 24.3 Å². The quantitative estimate of drug-likeness (QED) is 0.625. The molecule has 0 spiro atoms. The van der Waals surface area contributed by atoms with Crippen molar-refractivity contribution in [3.05, 3.63) is 53.5 Å². The van der Waals surface area contributed by atoms with E-state index in [0.717, 1.165) is 21.5 Å². The molecule has 0 saturated heterocycles. The van der Waals surface area contributed by atoms with Crippen LogP contribution in [0.25, 0.3) is 10.2 Å². The highest BCUT2D eigenvalue weighted by Gasteiger charge is 2.10. The molecule has 1 heterocycles. The van der Waals surface area contributed by atoms with Crippen LogP contribution < -0.4 is 10.0 Å². The first-order valence-corrected chi connectivity index (χ1v) is 11.6. The number of rotatable bonds is 7. The minimum absolute atomic E-state index is 0.195. The Kier molecular flexibility index (Phi) is 5.80. The second-order valence-corrected chi connectivity index (χ2v) is 9.39. The lowest BCUT2D eigenvalue weighted by Crippen LogP contribution is -2.17. The Morgan fingerprint density at radius 1 is 1.12 bits per heavy atom. The van der Waals surface area contributed by atoms with Crippen LogP contribution in [0.4, 0.5) is 11.4 Å². The summed E-state index contributed by atoms with van der Waals surface area (Å²) in [5.74, 6) is 0.706. The van der Waals surface area contributed by atoms with Gasteiger partial charge in [0.1, 0.15) is 5.01 Å². The molecule has 1 aromatic heterocycles. The smallest absolute Gasteiger partial charge is 0.234 e. The number of thioether (sulfide) groups is 1. The Labute approximate surface area is 160 Å². The molecule has 136 valence electrons. The molecular formula is C17H17N3O3S3. The van der Waals surface area contributed by atoms with E-state index in [9.17, 15) is 13.2 Å². The summed E-state index contributed by atoms with van der Waals surface area (Å²) in [6.07, 6.45) is 1.07. The fraction of sp³-hybridized carbons (Fsp3) is 0.176. The van der Waals surface area contributed by atoms with Crippen molar-refractivity contribution >= 4 is 60.6 Å². The largest absolute Gasteiger partial charge is 0.324 e. The van der Waals surface area contributed by atoms with Gasteiger partial charge in [0.2, 0.25) is 15.9 Å². The molecule has 0 saturated carbocycles. The van der Waals surface area contributed by atoms with Crippen molar-refractivity contribution in [3.63, 3.8) is 0 Å². The van der Waals surface area contributed by atoms with Crippen LogP contribution in [0.15, 0.2) is 48.5 Å². The number of aromatic nitrogens is 1. The lowest BCUT2D eigenvalue weighted by Gasteiger charge is -2.11. The molecule has 6 nitrogen and oxygen atoms in total. The summed E-state index contributed by atoms with van der Waals surface area (Å²) in [5.41, 5.74) is 1.75. The third-order valence-corrected chi connectivity index (χ3v) is 6.05. The standard InChI is InChI=1S/C17H17N3O3S3/c1-26(22,23)20-13-7-3-2-6-12(13)18-16(21)10-24-11-17-19-14-8-4-5-9-15(14)25-17/h2-9,20H,10-11H2,1H3,(H,18,21). The van der Waals surface area contributed by atoms with Crippen LogP contribution in [-0.4, -0.2) is 31.3 Å². The minimum Gasteiger partial charge on any atom is -0.324 e. The highest BCUT2D eigenvalue weighted by atomic mass is 32.2. The number of hydrogen-bond donors (Lipinski definition) is 2. The lowest BCUT2D eigenvalue weighted by atomic mass is 10.3. The number of para-hydroxylation sites is 3. The van der Waals surface area contributed by atoms with Crippen LogP contribution in [0, 0.1) is 0 Å². The van der Waals surface area contributed by atoms with E-state index in [2.05, 4.69) is 15.0 Å². The molecule has 0 aliphatic heterocycles. The first-order valence-electron chi connectivity index (χ1n) is 7.69. The molecule has 0 fully saturated rings.